The van der Waals surface area contributed by atoms with Crippen molar-refractivity contribution in [3.63, 3.8) is 0 Å². The van der Waals surface area contributed by atoms with Gasteiger partial charge >= 0.3 is 0 Å². The number of aryl methyl sites for hydroxylation is 2. The number of ether oxygens (including phenoxy) is 1. The highest BCUT2D eigenvalue weighted by atomic mass is 16.5. The standard InChI is InChI=1S/C17H14N8O2/c1-10-7-14(22-27-10)16-20-19-15-12-5-3-4-6-13(12)17(21-25(15)16)26-9-11-8-24(2)23-18-11/h3-8H,9H2,1-2H3/i1D3,2D3,7D,9D2. The molecule has 4 aromatic heterocycles. The van der Waals surface area contributed by atoms with E-state index in [1.165, 1.54) is 0 Å². The van der Waals surface area contributed by atoms with Crippen LogP contribution in [0.4, 0.5) is 0 Å². The third kappa shape index (κ3) is 2.58. The third-order valence-corrected chi connectivity index (χ3v) is 3.65. The lowest BCUT2D eigenvalue weighted by atomic mass is 10.2. The van der Waals surface area contributed by atoms with Gasteiger partial charge in [0.05, 0.1) is 10.3 Å². The van der Waals surface area contributed by atoms with Crippen LogP contribution in [0.2, 0.25) is 0 Å². The molecule has 0 fully saturated rings. The Labute approximate surface area is 165 Å². The number of hydrogen-bond acceptors (Lipinski definition) is 8. The van der Waals surface area contributed by atoms with Gasteiger partial charge in [-0.2, -0.15) is 4.52 Å². The molecular weight excluding hydrogens is 348 g/mol. The first-order valence-electron chi connectivity index (χ1n) is 12.0. The Bertz CT molecular complexity index is 1600. The summed E-state index contributed by atoms with van der Waals surface area (Å²) in [6.45, 7) is -8.05. The first-order chi connectivity index (χ1) is 16.8. The van der Waals surface area contributed by atoms with Gasteiger partial charge in [-0.3, -0.25) is 4.68 Å². The summed E-state index contributed by atoms with van der Waals surface area (Å²) in [4.78, 5) is 0. The molecule has 4 heterocycles. The topological polar surface area (TPSA) is 109 Å². The molecule has 0 atom stereocenters. The van der Waals surface area contributed by atoms with E-state index < -0.39 is 37.9 Å². The molecule has 0 radical (unpaired) electrons. The van der Waals surface area contributed by atoms with E-state index in [0.717, 1.165) is 10.7 Å². The summed E-state index contributed by atoms with van der Waals surface area (Å²) < 4.78 is 81.5. The molecular formula is C17H14N8O2. The van der Waals surface area contributed by atoms with Crippen LogP contribution in [0.25, 0.3) is 27.9 Å². The third-order valence-electron chi connectivity index (χ3n) is 3.65. The van der Waals surface area contributed by atoms with Crippen molar-refractivity contribution in [3.05, 3.63) is 48.0 Å². The minimum Gasteiger partial charge on any atom is -0.470 e. The number of fused-ring (bicyclic) bond motifs is 3. The molecule has 0 saturated carbocycles. The van der Waals surface area contributed by atoms with E-state index in [1.54, 1.807) is 24.3 Å². The summed E-state index contributed by atoms with van der Waals surface area (Å²) in [5, 5.41) is 23.8. The second-order valence-electron chi connectivity index (χ2n) is 5.35. The van der Waals surface area contributed by atoms with E-state index >= 15 is 0 Å². The van der Waals surface area contributed by atoms with Gasteiger partial charge in [0.25, 0.3) is 0 Å². The molecule has 0 bridgehead atoms. The molecule has 134 valence electrons. The van der Waals surface area contributed by atoms with Crippen LogP contribution in [-0.4, -0.2) is 40.0 Å². The fraction of sp³-hybridized carbons (Fsp3) is 0.176. The quantitative estimate of drug-likeness (QED) is 0.471. The van der Waals surface area contributed by atoms with Crippen molar-refractivity contribution < 1.29 is 21.6 Å². The first kappa shape index (κ1) is 8.71. The maximum Gasteiger partial charge on any atom is 0.240 e. The van der Waals surface area contributed by atoms with Gasteiger partial charge in [-0.15, -0.1) is 20.4 Å². The number of benzene rings is 1. The van der Waals surface area contributed by atoms with Gasteiger partial charge < -0.3 is 9.26 Å². The minimum absolute atomic E-state index is 0.140. The predicted molar refractivity (Wildman–Crippen MR) is 93.9 cm³/mol. The van der Waals surface area contributed by atoms with Crippen molar-refractivity contribution in [3.8, 4) is 17.4 Å². The van der Waals surface area contributed by atoms with E-state index in [0.29, 0.717) is 15.5 Å². The molecule has 10 heteroatoms. The fourth-order valence-electron chi connectivity index (χ4n) is 2.53. The Kier molecular flexibility index (Phi) is 1.89. The molecule has 0 N–H and O–H groups in total. The van der Waals surface area contributed by atoms with Crippen LogP contribution in [0.3, 0.4) is 0 Å². The fourth-order valence-corrected chi connectivity index (χ4v) is 2.53. The van der Waals surface area contributed by atoms with Crippen LogP contribution >= 0.6 is 0 Å². The molecule has 0 spiro atoms. The van der Waals surface area contributed by atoms with Gasteiger partial charge in [0.1, 0.15) is 18.0 Å². The highest BCUT2D eigenvalue weighted by Gasteiger charge is 2.18. The molecule has 0 aliphatic rings. The van der Waals surface area contributed by atoms with Crippen LogP contribution in [0.5, 0.6) is 5.88 Å². The smallest absolute Gasteiger partial charge is 0.240 e. The van der Waals surface area contributed by atoms with Crippen molar-refractivity contribution in [1.82, 2.24) is 40.0 Å². The lowest BCUT2D eigenvalue weighted by Crippen LogP contribution is -2.03. The number of rotatable bonds is 4. The zero-order chi connectivity index (χ0) is 26.0. The van der Waals surface area contributed by atoms with Crippen molar-refractivity contribution in [2.75, 3.05) is 0 Å². The molecule has 0 unspecified atom stereocenters. The van der Waals surface area contributed by atoms with Crippen molar-refractivity contribution >= 4 is 16.4 Å². The van der Waals surface area contributed by atoms with Gasteiger partial charge in [-0.05, 0) is 12.9 Å². The number of hydrogen-bond donors (Lipinski definition) is 0. The molecule has 0 saturated heterocycles. The van der Waals surface area contributed by atoms with Gasteiger partial charge in [0, 0.05) is 32.0 Å². The predicted octanol–water partition coefficient (Wildman–Crippen LogP) is 1.95. The number of aromatic nitrogens is 8. The summed E-state index contributed by atoms with van der Waals surface area (Å²) in [7, 11) is 0. The molecule has 5 aromatic rings. The summed E-state index contributed by atoms with van der Waals surface area (Å²) in [6, 6.07) is 6.07. The maximum atomic E-state index is 8.34. The lowest BCUT2D eigenvalue weighted by Gasteiger charge is -2.08. The SMILES string of the molecule is [2H]c1c(-c2nnc3c4ccccc4c(OC([2H])([2H])c4cn(C([2H])([2H])[2H])nn4)nn23)noc1C([2H])([2H])[2H]. The molecule has 0 amide bonds. The Balaban J connectivity index is 1.65. The Morgan fingerprint density at radius 1 is 1.26 bits per heavy atom. The van der Waals surface area contributed by atoms with Crippen molar-refractivity contribution in [1.29, 1.82) is 0 Å². The second kappa shape index (κ2) is 5.87. The summed E-state index contributed by atoms with van der Waals surface area (Å²) in [6.07, 6.45) is 0.899. The molecule has 10 nitrogen and oxygen atoms in total. The average Bonchev–Trinajstić information content (AvgIpc) is 3.51. The Morgan fingerprint density at radius 3 is 3.00 bits per heavy atom. The van der Waals surface area contributed by atoms with Gasteiger partial charge in [0.15, 0.2) is 11.3 Å². The zero-order valence-corrected chi connectivity index (χ0v) is 13.3. The monoisotopic (exact) mass is 371 g/mol. The van der Waals surface area contributed by atoms with Crippen LogP contribution in [0.1, 0.15) is 23.8 Å². The number of nitrogens with zero attached hydrogens (tertiary/aromatic N) is 8. The molecule has 1 aromatic carbocycles. The average molecular weight is 371 g/mol. The van der Waals surface area contributed by atoms with Gasteiger partial charge in [-0.25, -0.2) is 0 Å². The van der Waals surface area contributed by atoms with E-state index in [9.17, 15) is 0 Å². The molecule has 0 aliphatic carbocycles. The van der Waals surface area contributed by atoms with Gasteiger partial charge in [-0.1, -0.05) is 28.6 Å². The minimum atomic E-state index is -2.72. The molecule has 0 aliphatic heterocycles. The normalized spacial score (nSPS) is 17.9. The summed E-state index contributed by atoms with van der Waals surface area (Å²) in [5.41, 5.74) is -0.466. The summed E-state index contributed by atoms with van der Waals surface area (Å²) >= 11 is 0. The van der Waals surface area contributed by atoms with Crippen molar-refractivity contribution in [2.24, 2.45) is 6.98 Å². The van der Waals surface area contributed by atoms with Crippen LogP contribution in [0.15, 0.2) is 41.0 Å². The van der Waals surface area contributed by atoms with E-state index in [4.69, 9.17) is 21.6 Å². The van der Waals surface area contributed by atoms with Crippen LogP contribution in [0, 0.1) is 6.85 Å². The first-order valence-corrected chi connectivity index (χ1v) is 7.51. The van der Waals surface area contributed by atoms with Crippen LogP contribution in [-0.2, 0) is 13.5 Å². The van der Waals surface area contributed by atoms with E-state index in [2.05, 4.69) is 30.8 Å². The Hall–Kier alpha value is -3.82. The largest absolute Gasteiger partial charge is 0.470 e. The summed E-state index contributed by atoms with van der Waals surface area (Å²) in [5.74, 6) is -1.03. The highest BCUT2D eigenvalue weighted by molar-refractivity contribution is 5.96. The van der Waals surface area contributed by atoms with Crippen molar-refractivity contribution in [2.45, 2.75) is 13.4 Å². The highest BCUT2D eigenvalue weighted by Crippen LogP contribution is 2.29. The molecule has 27 heavy (non-hydrogen) atoms. The van der Waals surface area contributed by atoms with Crippen LogP contribution < -0.4 is 4.74 Å². The maximum absolute atomic E-state index is 8.34. The zero-order valence-electron chi connectivity index (χ0n) is 22.3. The van der Waals surface area contributed by atoms with E-state index in [1.807, 2.05) is 0 Å². The lowest BCUT2D eigenvalue weighted by molar-refractivity contribution is 0.289. The second-order valence-corrected chi connectivity index (χ2v) is 5.35. The molecule has 5 rings (SSSR count). The van der Waals surface area contributed by atoms with Gasteiger partial charge in [0.2, 0.25) is 11.7 Å². The van der Waals surface area contributed by atoms with E-state index in [-0.39, 0.29) is 23.0 Å². The Morgan fingerprint density at radius 2 is 2.19 bits per heavy atom.